The second-order valence-corrected chi connectivity index (χ2v) is 11.1. The lowest BCUT2D eigenvalue weighted by Crippen LogP contribution is -2.52. The molecule has 2 heterocycles. The Hall–Kier alpha value is -3.39. The number of carbonyl (C=O) groups is 4. The molecule has 5 N–H and O–H groups in total. The number of urea groups is 1. The molecule has 1 aromatic rings. The van der Waals surface area contributed by atoms with E-state index in [0.717, 1.165) is 57.4 Å². The Bertz CT molecular complexity index is 1070. The number of amides is 3. The molecule has 3 amide bonds. The minimum absolute atomic E-state index is 0.0334. The van der Waals surface area contributed by atoms with Gasteiger partial charge < -0.3 is 45.3 Å². The van der Waals surface area contributed by atoms with Gasteiger partial charge in [0.1, 0.15) is 0 Å². The molecule has 0 saturated carbocycles. The van der Waals surface area contributed by atoms with E-state index in [4.69, 9.17) is 31.3 Å². The third-order valence-electron chi connectivity index (χ3n) is 7.22. The second-order valence-electron chi connectivity index (χ2n) is 10.6. The van der Waals surface area contributed by atoms with Crippen LogP contribution in [0.15, 0.2) is 36.4 Å². The summed E-state index contributed by atoms with van der Waals surface area (Å²) >= 11 is 6.28. The Morgan fingerprint density at radius 3 is 2.52 bits per heavy atom. The summed E-state index contributed by atoms with van der Waals surface area (Å²) in [4.78, 5) is 45.7. The van der Waals surface area contributed by atoms with Crippen LogP contribution in [-0.4, -0.2) is 105 Å². The van der Waals surface area contributed by atoms with Crippen molar-refractivity contribution < 1.29 is 43.6 Å². The van der Waals surface area contributed by atoms with Gasteiger partial charge in [-0.15, -0.1) is 0 Å². The SMILES string of the molecule is CNC[C@H](C[C@H]1CCCOC1)NC(=O)N1CCC[C@@H]([C@@H](OCCNC(=O)OC)c2cccc(Cl)c2)C1.O=C(O)/C=C/C(=O)O. The van der Waals surface area contributed by atoms with Crippen LogP contribution in [0.3, 0.4) is 0 Å². The second kappa shape index (κ2) is 20.5. The fourth-order valence-corrected chi connectivity index (χ4v) is 5.48. The first-order chi connectivity index (χ1) is 21.1. The molecule has 2 aliphatic rings. The smallest absolute Gasteiger partial charge is 0.406 e. The molecule has 0 aliphatic carbocycles. The number of hydrogen-bond donors (Lipinski definition) is 5. The molecule has 13 nitrogen and oxygen atoms in total. The highest BCUT2D eigenvalue weighted by Gasteiger charge is 2.32. The summed E-state index contributed by atoms with van der Waals surface area (Å²) in [5, 5.41) is 25.4. The van der Waals surface area contributed by atoms with E-state index in [0.29, 0.717) is 49.3 Å². The van der Waals surface area contributed by atoms with Crippen molar-refractivity contribution in [1.29, 1.82) is 0 Å². The molecule has 1 aromatic carbocycles. The number of likely N-dealkylation sites (N-methyl/N-ethyl adjacent to an activating group) is 1. The molecule has 44 heavy (non-hydrogen) atoms. The molecule has 0 bridgehead atoms. The van der Waals surface area contributed by atoms with Crippen LogP contribution in [0.2, 0.25) is 5.02 Å². The van der Waals surface area contributed by atoms with Crippen molar-refractivity contribution in [3.8, 4) is 0 Å². The topological polar surface area (TPSA) is 176 Å². The Kier molecular flexibility index (Phi) is 17.2. The van der Waals surface area contributed by atoms with Crippen LogP contribution in [-0.2, 0) is 23.8 Å². The number of nitrogens with zero attached hydrogens (tertiary/aromatic N) is 1. The zero-order chi connectivity index (χ0) is 32.3. The standard InChI is InChI=1S/C26H41ClN4O5.C4H4O4/c1-28-16-23(14-19-6-5-12-35-18-19)30-25(32)31-11-4-8-21(17-31)24(20-7-3-9-22(27)15-20)36-13-10-29-26(33)34-2;5-3(6)1-2-4(7)8/h3,7,9,15,19,21,23-24,28H,4-6,8,10-14,16-18H2,1-2H3,(H,29,33)(H,30,32);1-2H,(H,5,6)(H,7,8)/b;2-1+/t19-,21-,23+,24+;/m1./s1. The van der Waals surface area contributed by atoms with Gasteiger partial charge in [-0.3, -0.25) is 0 Å². The first-order valence-electron chi connectivity index (χ1n) is 14.7. The number of nitrogens with one attached hydrogen (secondary N) is 3. The number of rotatable bonds is 13. The van der Waals surface area contributed by atoms with Crippen LogP contribution in [0.25, 0.3) is 0 Å². The van der Waals surface area contributed by atoms with E-state index >= 15 is 0 Å². The highest BCUT2D eigenvalue weighted by atomic mass is 35.5. The molecule has 2 fully saturated rings. The highest BCUT2D eigenvalue weighted by molar-refractivity contribution is 6.30. The van der Waals surface area contributed by atoms with Gasteiger partial charge in [0, 0.05) is 68.5 Å². The van der Waals surface area contributed by atoms with E-state index in [1.807, 2.05) is 36.2 Å². The molecular formula is C30H45ClN4O9. The van der Waals surface area contributed by atoms with Gasteiger partial charge in [-0.1, -0.05) is 23.7 Å². The maximum atomic E-state index is 13.3. The Morgan fingerprint density at radius 1 is 1.16 bits per heavy atom. The number of benzene rings is 1. The number of hydrogen-bond acceptors (Lipinski definition) is 8. The number of halogens is 1. The summed E-state index contributed by atoms with van der Waals surface area (Å²) < 4.78 is 16.5. The van der Waals surface area contributed by atoms with Gasteiger partial charge in [0.25, 0.3) is 0 Å². The number of carbonyl (C=O) groups excluding carboxylic acids is 2. The van der Waals surface area contributed by atoms with Gasteiger partial charge in [-0.25, -0.2) is 19.2 Å². The van der Waals surface area contributed by atoms with Crippen molar-refractivity contribution in [3.63, 3.8) is 0 Å². The van der Waals surface area contributed by atoms with Crippen molar-refractivity contribution in [1.82, 2.24) is 20.9 Å². The number of aliphatic carboxylic acids is 2. The number of ether oxygens (including phenoxy) is 3. The van der Waals surface area contributed by atoms with E-state index in [9.17, 15) is 19.2 Å². The van der Waals surface area contributed by atoms with Crippen molar-refractivity contribution in [2.24, 2.45) is 11.8 Å². The molecule has 3 rings (SSSR count). The van der Waals surface area contributed by atoms with E-state index in [1.54, 1.807) is 0 Å². The van der Waals surface area contributed by atoms with Crippen molar-refractivity contribution in [2.45, 2.75) is 44.2 Å². The molecule has 246 valence electrons. The van der Waals surface area contributed by atoms with Gasteiger partial charge in [0.2, 0.25) is 0 Å². The maximum Gasteiger partial charge on any atom is 0.406 e. The monoisotopic (exact) mass is 640 g/mol. The Morgan fingerprint density at radius 2 is 1.91 bits per heavy atom. The minimum Gasteiger partial charge on any atom is -0.478 e. The molecule has 4 atom stereocenters. The number of likely N-dealkylation sites (tertiary alicyclic amines) is 1. The largest absolute Gasteiger partial charge is 0.478 e. The molecule has 0 spiro atoms. The predicted molar refractivity (Wildman–Crippen MR) is 164 cm³/mol. The fourth-order valence-electron chi connectivity index (χ4n) is 5.28. The first-order valence-corrected chi connectivity index (χ1v) is 15.1. The summed E-state index contributed by atoms with van der Waals surface area (Å²) in [7, 11) is 3.24. The summed E-state index contributed by atoms with van der Waals surface area (Å²) in [6, 6.07) is 7.67. The van der Waals surface area contributed by atoms with Crippen LogP contribution >= 0.6 is 11.6 Å². The summed E-state index contributed by atoms with van der Waals surface area (Å²) in [6.45, 7) is 4.29. The summed E-state index contributed by atoms with van der Waals surface area (Å²) in [6.07, 6.45) is 5.34. The quantitative estimate of drug-likeness (QED) is 0.159. The normalized spacial score (nSPS) is 19.7. The lowest BCUT2D eigenvalue weighted by molar-refractivity contribution is -0.134. The highest BCUT2D eigenvalue weighted by Crippen LogP contribution is 2.34. The fraction of sp³-hybridized carbons (Fsp3) is 0.600. The number of carboxylic acid groups (broad SMARTS) is 2. The van der Waals surface area contributed by atoms with Gasteiger partial charge in [0.15, 0.2) is 0 Å². The van der Waals surface area contributed by atoms with E-state index in [-0.39, 0.29) is 24.1 Å². The number of piperidine rings is 1. The first kappa shape index (κ1) is 36.8. The van der Waals surface area contributed by atoms with Crippen molar-refractivity contribution in [3.05, 3.63) is 47.0 Å². The predicted octanol–water partition coefficient (Wildman–Crippen LogP) is 3.29. The molecular weight excluding hydrogens is 596 g/mol. The average molecular weight is 641 g/mol. The molecule has 0 aromatic heterocycles. The van der Waals surface area contributed by atoms with Gasteiger partial charge in [-0.2, -0.15) is 0 Å². The molecule has 2 aliphatic heterocycles. The van der Waals surface area contributed by atoms with Gasteiger partial charge >= 0.3 is 24.1 Å². The zero-order valence-electron chi connectivity index (χ0n) is 25.3. The van der Waals surface area contributed by atoms with Crippen molar-refractivity contribution >= 4 is 35.7 Å². The van der Waals surface area contributed by atoms with E-state index in [2.05, 4.69) is 20.7 Å². The van der Waals surface area contributed by atoms with Crippen molar-refractivity contribution in [2.75, 3.05) is 60.2 Å². The lowest BCUT2D eigenvalue weighted by Gasteiger charge is -2.38. The number of methoxy groups -OCH3 is 1. The summed E-state index contributed by atoms with van der Waals surface area (Å²) in [5.74, 6) is -1.93. The molecule has 0 radical (unpaired) electrons. The van der Waals surface area contributed by atoms with Crippen LogP contribution in [0.1, 0.15) is 43.8 Å². The number of carboxylic acids is 2. The molecule has 0 unspecified atom stereocenters. The third-order valence-corrected chi connectivity index (χ3v) is 7.46. The summed E-state index contributed by atoms with van der Waals surface area (Å²) in [5.41, 5.74) is 0.971. The molecule has 2 saturated heterocycles. The third kappa shape index (κ3) is 14.4. The minimum atomic E-state index is -1.26. The zero-order valence-corrected chi connectivity index (χ0v) is 26.1. The van der Waals surface area contributed by atoms with Crippen LogP contribution < -0.4 is 16.0 Å². The van der Waals surface area contributed by atoms with E-state index < -0.39 is 18.0 Å². The van der Waals surface area contributed by atoms with Gasteiger partial charge in [0.05, 0.1) is 19.8 Å². The average Bonchev–Trinajstić information content (AvgIpc) is 3.01. The Labute approximate surface area is 263 Å². The van der Waals surface area contributed by atoms with Gasteiger partial charge in [-0.05, 0) is 62.8 Å². The van der Waals surface area contributed by atoms with E-state index in [1.165, 1.54) is 7.11 Å². The Balaban J connectivity index is 0.000000742. The van der Waals surface area contributed by atoms with Crippen LogP contribution in [0.5, 0.6) is 0 Å². The number of alkyl carbamates (subject to hydrolysis) is 1. The maximum absolute atomic E-state index is 13.3. The molecule has 14 heteroatoms. The van der Waals surface area contributed by atoms with Crippen LogP contribution in [0.4, 0.5) is 9.59 Å². The lowest BCUT2D eigenvalue weighted by atomic mass is 9.88. The van der Waals surface area contributed by atoms with Crippen LogP contribution in [0, 0.1) is 11.8 Å².